The zero-order chi connectivity index (χ0) is 21.0. The van der Waals surface area contributed by atoms with Gasteiger partial charge in [0, 0.05) is 37.9 Å². The van der Waals surface area contributed by atoms with Gasteiger partial charge in [0.2, 0.25) is 0 Å². The third-order valence-electron chi connectivity index (χ3n) is 4.90. The number of carbonyl (C=O) groups excluding carboxylic acids is 1. The number of Topliss-reactive ketones (excluding diaryl/α,β-unsaturated/α-hetero) is 1. The summed E-state index contributed by atoms with van der Waals surface area (Å²) in [6.07, 6.45) is 8.89. The first-order chi connectivity index (χ1) is 13.2. The zero-order valence-corrected chi connectivity index (χ0v) is 18.2. The van der Waals surface area contributed by atoms with Crippen molar-refractivity contribution >= 4 is 17.7 Å². The number of nitrogens with zero attached hydrogens (tertiary/aromatic N) is 4. The van der Waals surface area contributed by atoms with E-state index in [0.29, 0.717) is 24.0 Å². The standard InChI is InChI=1S/C23H32N4O/c1-9-18-13-19-21(27(8)23(25-19)26(6)7)20(22(28)17(18)5)16(4)11-10-12-24-14-15(2)3/h9,11-12,14,23H,5,10,13H2,1-4,6-8H3/b16-11+,18-9-,24-12?. The lowest BCUT2D eigenvalue weighted by Crippen LogP contribution is -2.38. The fourth-order valence-corrected chi connectivity index (χ4v) is 3.45. The summed E-state index contributed by atoms with van der Waals surface area (Å²) < 4.78 is 0. The van der Waals surface area contributed by atoms with Gasteiger partial charge in [-0.25, -0.2) is 4.99 Å². The Balaban J connectivity index is 2.52. The third-order valence-corrected chi connectivity index (χ3v) is 4.90. The van der Waals surface area contributed by atoms with E-state index in [1.165, 1.54) is 0 Å². The van der Waals surface area contributed by atoms with Crippen molar-refractivity contribution in [2.24, 2.45) is 9.98 Å². The molecule has 0 N–H and O–H groups in total. The van der Waals surface area contributed by atoms with Crippen LogP contribution in [0.25, 0.3) is 0 Å². The van der Waals surface area contributed by atoms with Crippen LogP contribution in [0.1, 0.15) is 40.5 Å². The third kappa shape index (κ3) is 4.47. The van der Waals surface area contributed by atoms with Crippen LogP contribution in [0.5, 0.6) is 0 Å². The summed E-state index contributed by atoms with van der Waals surface area (Å²) in [6, 6.07) is 0. The van der Waals surface area contributed by atoms with Crippen LogP contribution < -0.4 is 0 Å². The first kappa shape index (κ1) is 21.8. The van der Waals surface area contributed by atoms with Crippen molar-refractivity contribution in [2.45, 2.75) is 46.8 Å². The second-order valence-electron chi connectivity index (χ2n) is 7.68. The van der Waals surface area contributed by atoms with Gasteiger partial charge in [-0.15, -0.1) is 0 Å². The van der Waals surface area contributed by atoms with Crippen molar-refractivity contribution in [3.63, 3.8) is 0 Å². The van der Waals surface area contributed by atoms with Gasteiger partial charge >= 0.3 is 0 Å². The Morgan fingerprint density at radius 3 is 2.61 bits per heavy atom. The van der Waals surface area contributed by atoms with Crippen molar-refractivity contribution in [3.05, 3.63) is 58.5 Å². The highest BCUT2D eigenvalue weighted by Crippen LogP contribution is 2.36. The van der Waals surface area contributed by atoms with Gasteiger partial charge in [0.1, 0.15) is 0 Å². The van der Waals surface area contributed by atoms with Crippen molar-refractivity contribution in [2.75, 3.05) is 21.1 Å². The Morgan fingerprint density at radius 2 is 2.04 bits per heavy atom. The summed E-state index contributed by atoms with van der Waals surface area (Å²) >= 11 is 0. The number of hydrogen-bond donors (Lipinski definition) is 0. The number of aliphatic imine (C=N–C) groups is 2. The smallest absolute Gasteiger partial charge is 0.195 e. The summed E-state index contributed by atoms with van der Waals surface area (Å²) in [5.41, 5.74) is 6.15. The minimum absolute atomic E-state index is 0.0189. The maximum atomic E-state index is 13.3. The van der Waals surface area contributed by atoms with E-state index in [9.17, 15) is 4.79 Å². The van der Waals surface area contributed by atoms with Crippen molar-refractivity contribution in [1.29, 1.82) is 0 Å². The highest BCUT2D eigenvalue weighted by Gasteiger charge is 2.37. The predicted octanol–water partition coefficient (Wildman–Crippen LogP) is 4.28. The van der Waals surface area contributed by atoms with E-state index in [1.54, 1.807) is 0 Å². The fraction of sp³-hybridized carbons (Fsp3) is 0.435. The Morgan fingerprint density at radius 1 is 1.36 bits per heavy atom. The highest BCUT2D eigenvalue weighted by atomic mass is 16.1. The van der Waals surface area contributed by atoms with Gasteiger partial charge in [0.05, 0.1) is 17.0 Å². The van der Waals surface area contributed by atoms with E-state index in [1.807, 2.05) is 78.3 Å². The number of allylic oxidation sites excluding steroid dienone is 8. The molecule has 0 amide bonds. The van der Waals surface area contributed by atoms with E-state index in [0.717, 1.165) is 28.1 Å². The average Bonchev–Trinajstić information content (AvgIpc) is 2.89. The normalized spacial score (nSPS) is 22.4. The molecule has 1 aliphatic carbocycles. The molecule has 1 unspecified atom stereocenters. The maximum absolute atomic E-state index is 13.3. The molecule has 0 saturated heterocycles. The molecule has 0 fully saturated rings. The monoisotopic (exact) mass is 380 g/mol. The molecular formula is C23H32N4O. The minimum atomic E-state index is -0.107. The minimum Gasteiger partial charge on any atom is -0.338 e. The van der Waals surface area contributed by atoms with Gasteiger partial charge in [-0.3, -0.25) is 14.7 Å². The molecule has 2 rings (SSSR count). The molecule has 0 bridgehead atoms. The largest absolute Gasteiger partial charge is 0.338 e. The number of hydrogen-bond acceptors (Lipinski definition) is 5. The first-order valence-electron chi connectivity index (χ1n) is 9.60. The SMILES string of the molecule is C=C1C(=O)C(/C(C)=C/CC=NC=C(C)C)=C2C(=NC(N(C)C)N2C)C/C1=C/C. The van der Waals surface area contributed by atoms with Crippen LogP contribution in [0.15, 0.2) is 68.5 Å². The molecule has 1 heterocycles. The molecule has 2 aliphatic rings. The van der Waals surface area contributed by atoms with Gasteiger partial charge in [0.15, 0.2) is 12.1 Å². The number of ketones is 1. The Bertz CT molecular complexity index is 846. The molecule has 1 aliphatic heterocycles. The molecular weight excluding hydrogens is 348 g/mol. The lowest BCUT2D eigenvalue weighted by Gasteiger charge is -2.28. The molecule has 5 heteroatoms. The van der Waals surface area contributed by atoms with E-state index in [2.05, 4.69) is 16.5 Å². The molecule has 150 valence electrons. The van der Waals surface area contributed by atoms with Crippen LogP contribution in [-0.2, 0) is 4.79 Å². The average molecular weight is 381 g/mol. The topological polar surface area (TPSA) is 48.3 Å². The quantitative estimate of drug-likeness (QED) is 0.528. The summed E-state index contributed by atoms with van der Waals surface area (Å²) in [5.74, 6) is -0.0189. The molecule has 0 aromatic rings. The van der Waals surface area contributed by atoms with Crippen LogP contribution in [0.3, 0.4) is 0 Å². The van der Waals surface area contributed by atoms with Crippen LogP contribution in [-0.4, -0.2) is 54.9 Å². The number of fused-ring (bicyclic) bond motifs is 1. The lowest BCUT2D eigenvalue weighted by molar-refractivity contribution is -0.111. The maximum Gasteiger partial charge on any atom is 0.195 e. The van der Waals surface area contributed by atoms with E-state index in [4.69, 9.17) is 4.99 Å². The van der Waals surface area contributed by atoms with Crippen molar-refractivity contribution in [3.8, 4) is 0 Å². The molecule has 1 atom stereocenters. The Labute approximate surface area is 169 Å². The molecule has 5 nitrogen and oxygen atoms in total. The van der Waals surface area contributed by atoms with E-state index < -0.39 is 0 Å². The van der Waals surface area contributed by atoms with Crippen LogP contribution in [0.4, 0.5) is 0 Å². The summed E-state index contributed by atoms with van der Waals surface area (Å²) in [5, 5.41) is 0. The van der Waals surface area contributed by atoms with E-state index >= 15 is 0 Å². The number of rotatable bonds is 5. The number of carbonyl (C=O) groups is 1. The van der Waals surface area contributed by atoms with Crippen LogP contribution in [0, 0.1) is 0 Å². The molecule has 28 heavy (non-hydrogen) atoms. The van der Waals surface area contributed by atoms with Crippen LogP contribution >= 0.6 is 0 Å². The van der Waals surface area contributed by atoms with Crippen LogP contribution in [0.2, 0.25) is 0 Å². The van der Waals surface area contributed by atoms with E-state index in [-0.39, 0.29) is 12.1 Å². The fourth-order valence-electron chi connectivity index (χ4n) is 3.45. The van der Waals surface area contributed by atoms with Crippen molar-refractivity contribution < 1.29 is 4.79 Å². The molecule has 0 spiro atoms. The molecule has 0 aromatic heterocycles. The Hall–Kier alpha value is -2.53. The second-order valence-corrected chi connectivity index (χ2v) is 7.68. The lowest BCUT2D eigenvalue weighted by atomic mass is 9.94. The summed E-state index contributed by atoms with van der Waals surface area (Å²) in [6.45, 7) is 12.0. The molecule has 0 saturated carbocycles. The Kier molecular flexibility index (Phi) is 7.08. The highest BCUT2D eigenvalue weighted by molar-refractivity contribution is 6.22. The molecule has 0 aromatic carbocycles. The summed E-state index contributed by atoms with van der Waals surface area (Å²) in [7, 11) is 5.99. The van der Waals surface area contributed by atoms with Gasteiger partial charge in [-0.05, 0) is 52.9 Å². The zero-order valence-electron chi connectivity index (χ0n) is 18.2. The second kappa shape index (κ2) is 9.11. The van der Waals surface area contributed by atoms with Gasteiger partial charge in [0.25, 0.3) is 0 Å². The summed E-state index contributed by atoms with van der Waals surface area (Å²) in [4.78, 5) is 26.6. The van der Waals surface area contributed by atoms with Crippen molar-refractivity contribution in [1.82, 2.24) is 9.80 Å². The van der Waals surface area contributed by atoms with Gasteiger partial charge < -0.3 is 4.90 Å². The first-order valence-corrected chi connectivity index (χ1v) is 9.60. The van der Waals surface area contributed by atoms with Gasteiger partial charge in [-0.2, -0.15) is 0 Å². The van der Waals surface area contributed by atoms with Gasteiger partial charge in [-0.1, -0.05) is 24.3 Å². The predicted molar refractivity (Wildman–Crippen MR) is 119 cm³/mol. The molecule has 0 radical (unpaired) electrons.